The van der Waals surface area contributed by atoms with Crippen molar-refractivity contribution in [2.75, 3.05) is 5.32 Å². The van der Waals surface area contributed by atoms with E-state index in [9.17, 15) is 5.11 Å². The molecule has 0 aliphatic rings. The molecular weight excluding hydrogens is 250 g/mol. The van der Waals surface area contributed by atoms with Crippen LogP contribution in [0.1, 0.15) is 0 Å². The van der Waals surface area contributed by atoms with Gasteiger partial charge in [0, 0.05) is 24.5 Å². The van der Waals surface area contributed by atoms with Gasteiger partial charge in [-0.25, -0.2) is 4.98 Å². The van der Waals surface area contributed by atoms with Crippen LogP contribution in [-0.2, 0) is 7.05 Å². The predicted molar refractivity (Wildman–Crippen MR) is 80.0 cm³/mol. The number of aromatic hydroxyl groups is 1. The van der Waals surface area contributed by atoms with Crippen molar-refractivity contribution in [3.63, 3.8) is 0 Å². The third-order valence-electron chi connectivity index (χ3n) is 3.07. The van der Waals surface area contributed by atoms with E-state index in [1.807, 2.05) is 60.3 Å². The second-order valence-electron chi connectivity index (χ2n) is 4.60. The Bertz CT molecular complexity index is 702. The lowest BCUT2D eigenvalue weighted by atomic mass is 10.2. The molecule has 0 aliphatic carbocycles. The molecule has 1 heterocycles. The van der Waals surface area contributed by atoms with E-state index in [0.29, 0.717) is 0 Å². The molecule has 0 bridgehead atoms. The summed E-state index contributed by atoms with van der Waals surface area (Å²) in [6.45, 7) is 0. The molecule has 0 aliphatic heterocycles. The van der Waals surface area contributed by atoms with Crippen LogP contribution in [0.25, 0.3) is 11.3 Å². The van der Waals surface area contributed by atoms with Gasteiger partial charge < -0.3 is 15.0 Å². The molecule has 4 heteroatoms. The van der Waals surface area contributed by atoms with Gasteiger partial charge in [-0.15, -0.1) is 0 Å². The van der Waals surface area contributed by atoms with Gasteiger partial charge in [0.05, 0.1) is 5.69 Å². The molecule has 0 saturated carbocycles. The van der Waals surface area contributed by atoms with Crippen LogP contribution in [-0.4, -0.2) is 14.7 Å². The fraction of sp³-hybridized carbons (Fsp3) is 0.0625. The second-order valence-corrected chi connectivity index (χ2v) is 4.60. The van der Waals surface area contributed by atoms with Gasteiger partial charge in [0.15, 0.2) is 0 Å². The lowest BCUT2D eigenvalue weighted by Crippen LogP contribution is -1.97. The van der Waals surface area contributed by atoms with Crippen molar-refractivity contribution in [1.82, 2.24) is 9.55 Å². The molecule has 3 aromatic rings. The first kappa shape index (κ1) is 12.3. The molecule has 0 radical (unpaired) electrons. The molecule has 4 nitrogen and oxygen atoms in total. The molecule has 20 heavy (non-hydrogen) atoms. The standard InChI is InChI=1S/C16H15N3O/c1-19-11-15(12-5-3-2-4-6-12)18-16(19)17-13-7-9-14(20)10-8-13/h2-11,20H,1H3,(H,17,18). The van der Waals surface area contributed by atoms with Crippen LogP contribution in [0, 0.1) is 0 Å². The molecule has 0 spiro atoms. The monoisotopic (exact) mass is 265 g/mol. The number of hydrogen-bond acceptors (Lipinski definition) is 3. The fourth-order valence-corrected chi connectivity index (χ4v) is 2.00. The van der Waals surface area contributed by atoms with Gasteiger partial charge >= 0.3 is 0 Å². The van der Waals surface area contributed by atoms with Crippen LogP contribution in [0.5, 0.6) is 5.75 Å². The summed E-state index contributed by atoms with van der Waals surface area (Å²) in [6, 6.07) is 17.0. The largest absolute Gasteiger partial charge is 0.508 e. The number of rotatable bonds is 3. The van der Waals surface area contributed by atoms with E-state index in [4.69, 9.17) is 0 Å². The third kappa shape index (κ3) is 2.49. The van der Waals surface area contributed by atoms with E-state index >= 15 is 0 Å². The van der Waals surface area contributed by atoms with Gasteiger partial charge in [0.1, 0.15) is 5.75 Å². The van der Waals surface area contributed by atoms with Crippen molar-refractivity contribution in [3.8, 4) is 17.0 Å². The lowest BCUT2D eigenvalue weighted by Gasteiger charge is -2.05. The maximum atomic E-state index is 9.28. The number of nitrogens with one attached hydrogen (secondary N) is 1. The number of aromatic nitrogens is 2. The van der Waals surface area contributed by atoms with Crippen LogP contribution in [0.4, 0.5) is 11.6 Å². The highest BCUT2D eigenvalue weighted by molar-refractivity contribution is 5.63. The predicted octanol–water partition coefficient (Wildman–Crippen LogP) is 3.54. The summed E-state index contributed by atoms with van der Waals surface area (Å²) >= 11 is 0. The Labute approximate surface area is 117 Å². The van der Waals surface area contributed by atoms with Crippen molar-refractivity contribution in [3.05, 3.63) is 60.8 Å². The van der Waals surface area contributed by atoms with Crippen LogP contribution < -0.4 is 5.32 Å². The van der Waals surface area contributed by atoms with Gasteiger partial charge in [-0.05, 0) is 24.3 Å². The van der Waals surface area contributed by atoms with Gasteiger partial charge in [0.2, 0.25) is 5.95 Å². The van der Waals surface area contributed by atoms with Crippen LogP contribution in [0.15, 0.2) is 60.8 Å². The normalized spacial score (nSPS) is 10.4. The Morgan fingerprint density at radius 2 is 1.70 bits per heavy atom. The third-order valence-corrected chi connectivity index (χ3v) is 3.07. The summed E-state index contributed by atoms with van der Waals surface area (Å²) in [5.74, 6) is 1.01. The Morgan fingerprint density at radius 1 is 1.00 bits per heavy atom. The average Bonchev–Trinajstić information content (AvgIpc) is 2.84. The highest BCUT2D eigenvalue weighted by Gasteiger charge is 2.07. The van der Waals surface area contributed by atoms with E-state index < -0.39 is 0 Å². The van der Waals surface area contributed by atoms with E-state index in [-0.39, 0.29) is 5.75 Å². The molecule has 0 fully saturated rings. The minimum Gasteiger partial charge on any atom is -0.508 e. The van der Waals surface area contributed by atoms with E-state index in [1.54, 1.807) is 12.1 Å². The molecule has 0 unspecified atom stereocenters. The van der Waals surface area contributed by atoms with Crippen molar-refractivity contribution in [2.45, 2.75) is 0 Å². The molecule has 0 saturated heterocycles. The van der Waals surface area contributed by atoms with Crippen molar-refractivity contribution >= 4 is 11.6 Å². The van der Waals surface area contributed by atoms with Gasteiger partial charge in [-0.2, -0.15) is 0 Å². The summed E-state index contributed by atoms with van der Waals surface area (Å²) in [5, 5.41) is 12.5. The minimum atomic E-state index is 0.250. The number of nitrogens with zero attached hydrogens (tertiary/aromatic N) is 2. The fourth-order valence-electron chi connectivity index (χ4n) is 2.00. The first-order valence-corrected chi connectivity index (χ1v) is 6.37. The quantitative estimate of drug-likeness (QED) is 0.712. The summed E-state index contributed by atoms with van der Waals surface area (Å²) in [4.78, 5) is 4.59. The molecule has 3 rings (SSSR count). The van der Waals surface area contributed by atoms with E-state index in [2.05, 4.69) is 10.3 Å². The molecule has 1 aromatic heterocycles. The number of anilines is 2. The van der Waals surface area contributed by atoms with E-state index in [1.165, 1.54) is 0 Å². The maximum Gasteiger partial charge on any atom is 0.207 e. The van der Waals surface area contributed by atoms with Crippen LogP contribution in [0.3, 0.4) is 0 Å². The maximum absolute atomic E-state index is 9.28. The summed E-state index contributed by atoms with van der Waals surface area (Å²) in [6.07, 6.45) is 1.98. The number of benzene rings is 2. The van der Waals surface area contributed by atoms with Gasteiger partial charge in [0.25, 0.3) is 0 Å². The number of aryl methyl sites for hydroxylation is 1. The SMILES string of the molecule is Cn1cc(-c2ccccc2)nc1Nc1ccc(O)cc1. The summed E-state index contributed by atoms with van der Waals surface area (Å²) in [7, 11) is 1.95. The molecule has 100 valence electrons. The zero-order valence-electron chi connectivity index (χ0n) is 11.1. The Kier molecular flexibility index (Phi) is 3.13. The summed E-state index contributed by atoms with van der Waals surface area (Å²) in [5.41, 5.74) is 2.90. The number of imidazole rings is 1. The highest BCUT2D eigenvalue weighted by atomic mass is 16.3. The molecular formula is C16H15N3O. The first-order valence-electron chi connectivity index (χ1n) is 6.37. The average molecular weight is 265 g/mol. The minimum absolute atomic E-state index is 0.250. The Balaban J connectivity index is 1.88. The second kappa shape index (κ2) is 5.09. The highest BCUT2D eigenvalue weighted by Crippen LogP contribution is 2.23. The number of hydrogen-bond donors (Lipinski definition) is 2. The van der Waals surface area contributed by atoms with Crippen LogP contribution >= 0.6 is 0 Å². The van der Waals surface area contributed by atoms with Crippen molar-refractivity contribution < 1.29 is 5.11 Å². The molecule has 2 N–H and O–H groups in total. The van der Waals surface area contributed by atoms with Crippen molar-refractivity contribution in [1.29, 1.82) is 0 Å². The number of phenolic OH excluding ortho intramolecular Hbond substituents is 1. The molecule has 0 atom stereocenters. The lowest BCUT2D eigenvalue weighted by molar-refractivity contribution is 0.475. The van der Waals surface area contributed by atoms with E-state index in [0.717, 1.165) is 22.9 Å². The Hall–Kier alpha value is -2.75. The Morgan fingerprint density at radius 3 is 2.40 bits per heavy atom. The van der Waals surface area contributed by atoms with Gasteiger partial charge in [-0.3, -0.25) is 0 Å². The topological polar surface area (TPSA) is 50.1 Å². The molecule has 0 amide bonds. The zero-order valence-corrected chi connectivity index (χ0v) is 11.1. The molecule has 2 aromatic carbocycles. The summed E-state index contributed by atoms with van der Waals surface area (Å²) < 4.78 is 1.94. The zero-order chi connectivity index (χ0) is 13.9. The number of phenols is 1. The van der Waals surface area contributed by atoms with Crippen molar-refractivity contribution in [2.24, 2.45) is 7.05 Å². The van der Waals surface area contributed by atoms with Crippen LogP contribution in [0.2, 0.25) is 0 Å². The van der Waals surface area contributed by atoms with Gasteiger partial charge in [-0.1, -0.05) is 30.3 Å². The first-order chi connectivity index (χ1) is 9.72. The smallest absolute Gasteiger partial charge is 0.207 e.